The Hall–Kier alpha value is -1.26. The molecule has 4 saturated carbocycles. The van der Waals surface area contributed by atoms with Crippen LogP contribution in [0.15, 0.2) is 0 Å². The Bertz CT molecular complexity index is 545. The van der Waals surface area contributed by atoms with E-state index in [1.807, 2.05) is 0 Å². The molecule has 0 spiro atoms. The summed E-state index contributed by atoms with van der Waals surface area (Å²) in [5, 5.41) is 41.0. The summed E-state index contributed by atoms with van der Waals surface area (Å²) in [5.41, 5.74) is -0.179. The minimum absolute atomic E-state index is 0.00527. The number of carbonyl (C=O) groups excluding carboxylic acids is 1. The number of carboxylic acid groups (broad SMARTS) is 1. The molecule has 29 heavy (non-hydrogen) atoms. The van der Waals surface area contributed by atoms with Gasteiger partial charge >= 0.3 is 5.97 Å². The van der Waals surface area contributed by atoms with Crippen LogP contribution in [0.3, 0.4) is 0 Å². The predicted molar refractivity (Wildman–Crippen MR) is 103 cm³/mol. The van der Waals surface area contributed by atoms with E-state index < -0.39 is 18.8 Å². The number of nitrogens with one attached hydrogen (secondary N) is 1. The van der Waals surface area contributed by atoms with Crippen molar-refractivity contribution in [2.24, 2.45) is 17.8 Å². The second-order valence-electron chi connectivity index (χ2n) is 9.31. The SMILES string of the molecule is O=C(COC(C(=O)O)[N+](CCO)(CCO)CCO)NC12CC3CC(CC(C3)C1)C2. The Labute approximate surface area is 171 Å². The summed E-state index contributed by atoms with van der Waals surface area (Å²) in [4.78, 5) is 24.5. The van der Waals surface area contributed by atoms with Gasteiger partial charge in [0.05, 0.1) is 19.8 Å². The molecule has 0 aromatic heterocycles. The first kappa shape index (κ1) is 22.4. The summed E-state index contributed by atoms with van der Waals surface area (Å²) in [6.07, 6.45) is 5.30. The van der Waals surface area contributed by atoms with Crippen LogP contribution < -0.4 is 5.32 Å². The van der Waals surface area contributed by atoms with Gasteiger partial charge < -0.3 is 30.5 Å². The first-order valence-corrected chi connectivity index (χ1v) is 10.7. The summed E-state index contributed by atoms with van der Waals surface area (Å²) >= 11 is 0. The predicted octanol–water partition coefficient (Wildman–Crippen LogP) is -0.708. The van der Waals surface area contributed by atoms with E-state index in [2.05, 4.69) is 5.32 Å². The van der Waals surface area contributed by atoms with Gasteiger partial charge in [-0.25, -0.2) is 4.79 Å². The van der Waals surface area contributed by atoms with Crippen LogP contribution in [0, 0.1) is 17.8 Å². The highest BCUT2D eigenvalue weighted by Gasteiger charge is 2.51. The summed E-state index contributed by atoms with van der Waals surface area (Å²) in [6, 6.07) is 0. The maximum absolute atomic E-state index is 12.7. The van der Waals surface area contributed by atoms with E-state index in [0.717, 1.165) is 19.3 Å². The molecule has 166 valence electrons. The molecule has 4 fully saturated rings. The van der Waals surface area contributed by atoms with Gasteiger partial charge in [-0.15, -0.1) is 0 Å². The first-order chi connectivity index (χ1) is 13.8. The molecule has 1 atom stereocenters. The van der Waals surface area contributed by atoms with Crippen molar-refractivity contribution >= 4 is 11.9 Å². The molecule has 1 unspecified atom stereocenters. The molecular weight excluding hydrogens is 380 g/mol. The van der Waals surface area contributed by atoms with Gasteiger partial charge in [0.1, 0.15) is 26.2 Å². The van der Waals surface area contributed by atoms with Crippen LogP contribution in [0.1, 0.15) is 38.5 Å². The van der Waals surface area contributed by atoms with Gasteiger partial charge in [-0.1, -0.05) is 0 Å². The van der Waals surface area contributed by atoms with Gasteiger partial charge in [-0.05, 0) is 56.3 Å². The molecule has 4 aliphatic carbocycles. The number of quaternary nitrogens is 1. The molecule has 0 aromatic rings. The lowest BCUT2D eigenvalue weighted by molar-refractivity contribution is -0.963. The Morgan fingerprint density at radius 1 is 0.931 bits per heavy atom. The van der Waals surface area contributed by atoms with E-state index in [0.29, 0.717) is 17.8 Å². The molecule has 4 rings (SSSR count). The number of carbonyl (C=O) groups is 2. The third-order valence-electron chi connectivity index (χ3n) is 7.16. The van der Waals surface area contributed by atoms with Crippen molar-refractivity contribution in [3.8, 4) is 0 Å². The lowest BCUT2D eigenvalue weighted by Gasteiger charge is -2.56. The van der Waals surface area contributed by atoms with Crippen LogP contribution in [-0.2, 0) is 14.3 Å². The highest BCUT2D eigenvalue weighted by atomic mass is 16.5. The van der Waals surface area contributed by atoms with Crippen molar-refractivity contribution in [1.29, 1.82) is 0 Å². The van der Waals surface area contributed by atoms with Crippen molar-refractivity contribution in [2.75, 3.05) is 46.1 Å². The molecule has 5 N–H and O–H groups in total. The Morgan fingerprint density at radius 2 is 1.38 bits per heavy atom. The van der Waals surface area contributed by atoms with Crippen molar-refractivity contribution in [3.63, 3.8) is 0 Å². The minimum atomic E-state index is -1.46. The van der Waals surface area contributed by atoms with Gasteiger partial charge in [0, 0.05) is 5.54 Å². The maximum Gasteiger partial charge on any atom is 0.392 e. The minimum Gasteiger partial charge on any atom is -0.475 e. The smallest absolute Gasteiger partial charge is 0.392 e. The number of amides is 1. The second-order valence-corrected chi connectivity index (χ2v) is 9.31. The fourth-order valence-corrected chi connectivity index (χ4v) is 6.50. The van der Waals surface area contributed by atoms with Gasteiger partial charge in [-0.2, -0.15) is 0 Å². The fourth-order valence-electron chi connectivity index (χ4n) is 6.50. The Kier molecular flexibility index (Phi) is 7.16. The monoisotopic (exact) mass is 415 g/mol. The average molecular weight is 416 g/mol. The number of carboxylic acids is 1. The molecule has 0 aromatic carbocycles. The van der Waals surface area contributed by atoms with Crippen LogP contribution >= 0.6 is 0 Å². The number of ether oxygens (including phenoxy) is 1. The number of hydrogen-bond acceptors (Lipinski definition) is 6. The van der Waals surface area contributed by atoms with Crippen molar-refractivity contribution in [1.82, 2.24) is 5.32 Å². The van der Waals surface area contributed by atoms with E-state index in [-0.39, 0.29) is 55.4 Å². The Balaban J connectivity index is 1.63. The fraction of sp³-hybridized carbons (Fsp3) is 0.900. The highest BCUT2D eigenvalue weighted by Crippen LogP contribution is 2.55. The molecular formula is C20H35N2O7+. The number of aliphatic carboxylic acids is 1. The Morgan fingerprint density at radius 3 is 1.76 bits per heavy atom. The molecule has 4 bridgehead atoms. The first-order valence-electron chi connectivity index (χ1n) is 10.7. The lowest BCUT2D eigenvalue weighted by Crippen LogP contribution is -2.64. The summed E-state index contributed by atoms with van der Waals surface area (Å²) in [5.74, 6) is 0.419. The van der Waals surface area contributed by atoms with Crippen molar-refractivity contribution < 1.29 is 39.2 Å². The zero-order valence-corrected chi connectivity index (χ0v) is 17.0. The number of rotatable bonds is 12. The average Bonchev–Trinajstić information content (AvgIpc) is 2.60. The second kappa shape index (κ2) is 9.26. The molecule has 9 nitrogen and oxygen atoms in total. The van der Waals surface area contributed by atoms with Gasteiger partial charge in [0.2, 0.25) is 5.91 Å². The lowest BCUT2D eigenvalue weighted by atomic mass is 9.53. The van der Waals surface area contributed by atoms with Gasteiger partial charge in [-0.3, -0.25) is 9.28 Å². The third kappa shape index (κ3) is 4.91. The third-order valence-corrected chi connectivity index (χ3v) is 7.16. The normalized spacial score (nSPS) is 31.6. The van der Waals surface area contributed by atoms with E-state index >= 15 is 0 Å². The number of aliphatic hydroxyl groups is 3. The standard InChI is InChI=1S/C20H34N2O7/c23-4-1-22(2-5-24,3-6-25)18(19(27)28)29-13-17(26)21-20-10-14-7-15(11-20)9-16(8-14)12-20/h14-16,18,23-25H,1-13H2,(H-,21,26,27,28)/p+1. The van der Waals surface area contributed by atoms with Crippen LogP contribution in [0.5, 0.6) is 0 Å². The summed E-state index contributed by atoms with van der Waals surface area (Å²) in [7, 11) is 0. The summed E-state index contributed by atoms with van der Waals surface area (Å²) < 4.78 is 5.19. The maximum atomic E-state index is 12.7. The molecule has 4 aliphatic rings. The van der Waals surface area contributed by atoms with Crippen molar-refractivity contribution in [2.45, 2.75) is 50.3 Å². The number of aliphatic hydroxyl groups excluding tert-OH is 3. The van der Waals surface area contributed by atoms with Crippen LogP contribution in [0.25, 0.3) is 0 Å². The largest absolute Gasteiger partial charge is 0.475 e. The molecule has 0 saturated heterocycles. The van der Waals surface area contributed by atoms with E-state index in [1.165, 1.54) is 19.3 Å². The van der Waals surface area contributed by atoms with E-state index in [9.17, 15) is 30.0 Å². The number of nitrogens with zero attached hydrogens (tertiary/aromatic N) is 1. The molecule has 0 aliphatic heterocycles. The quantitative estimate of drug-likeness (QED) is 0.210. The van der Waals surface area contributed by atoms with Crippen LogP contribution in [-0.4, -0.2) is 94.6 Å². The summed E-state index contributed by atoms with van der Waals surface area (Å²) in [6.45, 7) is -1.40. The van der Waals surface area contributed by atoms with Gasteiger partial charge in [0.15, 0.2) is 0 Å². The van der Waals surface area contributed by atoms with Gasteiger partial charge in [0.25, 0.3) is 6.23 Å². The zero-order chi connectivity index (χ0) is 21.1. The molecule has 0 heterocycles. The van der Waals surface area contributed by atoms with Crippen LogP contribution in [0.4, 0.5) is 0 Å². The highest BCUT2D eigenvalue weighted by molar-refractivity contribution is 5.79. The molecule has 1 amide bonds. The van der Waals surface area contributed by atoms with Crippen LogP contribution in [0.2, 0.25) is 0 Å². The topological polar surface area (TPSA) is 136 Å². The zero-order valence-electron chi connectivity index (χ0n) is 17.0. The van der Waals surface area contributed by atoms with Crippen molar-refractivity contribution in [3.05, 3.63) is 0 Å². The number of hydrogen-bond donors (Lipinski definition) is 5. The van der Waals surface area contributed by atoms with E-state index in [1.54, 1.807) is 0 Å². The van der Waals surface area contributed by atoms with E-state index in [4.69, 9.17) is 4.74 Å². The molecule has 9 heteroatoms. The molecule has 0 radical (unpaired) electrons.